The van der Waals surface area contributed by atoms with Gasteiger partial charge in [-0.2, -0.15) is 0 Å². The van der Waals surface area contributed by atoms with Crippen LogP contribution in [-0.2, 0) is 32.5 Å². The highest BCUT2D eigenvalue weighted by atomic mass is 16.5. The van der Waals surface area contributed by atoms with Crippen LogP contribution in [0, 0.1) is 11.8 Å². The summed E-state index contributed by atoms with van der Waals surface area (Å²) >= 11 is 0. The van der Waals surface area contributed by atoms with E-state index in [1.165, 1.54) is 20.6 Å². The molecule has 0 bridgehead atoms. The number of carbonyl (C=O) groups is 2. The van der Waals surface area contributed by atoms with Gasteiger partial charge in [-0.05, 0) is 25.0 Å². The van der Waals surface area contributed by atoms with Gasteiger partial charge >= 0.3 is 11.9 Å². The van der Waals surface area contributed by atoms with Crippen molar-refractivity contribution < 1.29 is 19.1 Å². The molecular weight excluding hydrogens is 410 g/mol. The summed E-state index contributed by atoms with van der Waals surface area (Å²) in [5, 5.41) is 3.59. The van der Waals surface area contributed by atoms with Crippen molar-refractivity contribution in [2.24, 2.45) is 18.9 Å². The van der Waals surface area contributed by atoms with Crippen LogP contribution in [0.15, 0.2) is 35.1 Å². The fourth-order valence-electron chi connectivity index (χ4n) is 5.36. The van der Waals surface area contributed by atoms with E-state index in [2.05, 4.69) is 5.32 Å². The van der Waals surface area contributed by atoms with Crippen molar-refractivity contribution >= 4 is 11.9 Å². The largest absolute Gasteiger partial charge is 0.469 e. The molecule has 0 unspecified atom stereocenters. The van der Waals surface area contributed by atoms with Gasteiger partial charge in [-0.1, -0.05) is 37.5 Å². The van der Waals surface area contributed by atoms with E-state index in [0.717, 1.165) is 37.1 Å². The fourth-order valence-corrected chi connectivity index (χ4v) is 5.36. The van der Waals surface area contributed by atoms with Crippen LogP contribution in [0.3, 0.4) is 0 Å². The molecule has 2 aliphatic carbocycles. The van der Waals surface area contributed by atoms with Gasteiger partial charge in [0.2, 0.25) is 0 Å². The molecule has 1 saturated carbocycles. The number of esters is 2. The summed E-state index contributed by atoms with van der Waals surface area (Å²) in [6.07, 6.45) is 5.57. The zero-order chi connectivity index (χ0) is 22.8. The van der Waals surface area contributed by atoms with E-state index in [9.17, 15) is 14.4 Å². The van der Waals surface area contributed by atoms with Crippen LogP contribution in [0.25, 0.3) is 5.69 Å². The fraction of sp³-hybridized carbons (Fsp3) is 0.542. The van der Waals surface area contributed by atoms with E-state index < -0.39 is 29.8 Å². The quantitative estimate of drug-likeness (QED) is 0.716. The van der Waals surface area contributed by atoms with Crippen molar-refractivity contribution in [3.05, 3.63) is 51.9 Å². The maximum atomic E-state index is 13.7. The Bertz CT molecular complexity index is 1040. The van der Waals surface area contributed by atoms with Crippen LogP contribution in [0.2, 0.25) is 0 Å². The van der Waals surface area contributed by atoms with Crippen molar-refractivity contribution in [2.45, 2.75) is 50.6 Å². The summed E-state index contributed by atoms with van der Waals surface area (Å²) in [6.45, 7) is 0. The first-order chi connectivity index (χ1) is 15.5. The highest BCUT2D eigenvalue weighted by Crippen LogP contribution is 2.40. The highest BCUT2D eigenvalue weighted by Gasteiger charge is 2.49. The molecular formula is C24H31N3O5. The number of ether oxygens (including phenoxy) is 2. The molecule has 1 fully saturated rings. The maximum absolute atomic E-state index is 13.7. The third kappa shape index (κ3) is 3.88. The lowest BCUT2D eigenvalue weighted by molar-refractivity contribution is -0.159. The number of methoxy groups -OCH3 is 2. The van der Waals surface area contributed by atoms with Crippen LogP contribution >= 0.6 is 0 Å². The molecule has 8 heteroatoms. The van der Waals surface area contributed by atoms with Gasteiger partial charge in [-0.15, -0.1) is 0 Å². The van der Waals surface area contributed by atoms with Crippen molar-refractivity contribution in [1.82, 2.24) is 14.7 Å². The summed E-state index contributed by atoms with van der Waals surface area (Å²) in [5.41, 5.74) is 1.83. The third-order valence-electron chi connectivity index (χ3n) is 6.94. The van der Waals surface area contributed by atoms with E-state index in [1.807, 2.05) is 37.4 Å². The third-order valence-corrected chi connectivity index (χ3v) is 6.94. The van der Waals surface area contributed by atoms with E-state index in [-0.39, 0.29) is 18.0 Å². The molecule has 1 N–H and O–H groups in total. The average Bonchev–Trinajstić information content (AvgIpc) is 3.08. The predicted octanol–water partition coefficient (Wildman–Crippen LogP) is 2.27. The first-order valence-electron chi connectivity index (χ1n) is 11.3. The summed E-state index contributed by atoms with van der Waals surface area (Å²) in [6, 6.07) is 8.93. The lowest BCUT2D eigenvalue weighted by atomic mass is 9.74. The molecule has 4 rings (SSSR count). The van der Waals surface area contributed by atoms with Crippen molar-refractivity contribution in [3.8, 4) is 5.69 Å². The smallest absolute Gasteiger partial charge is 0.311 e. The Kier molecular flexibility index (Phi) is 6.50. The maximum Gasteiger partial charge on any atom is 0.311 e. The summed E-state index contributed by atoms with van der Waals surface area (Å²) in [4.78, 5) is 39.4. The SMILES string of the molecule is COC(=O)[C@H]1[C@H](C(=O)OC)Cc2c(c(=O)n(-c3ccccc3)n2C)[C@@H]1NC1CCCCC1. The molecule has 32 heavy (non-hydrogen) atoms. The molecule has 1 aromatic carbocycles. The van der Waals surface area contributed by atoms with E-state index >= 15 is 0 Å². The molecule has 0 aliphatic heterocycles. The van der Waals surface area contributed by atoms with Crippen LogP contribution in [-0.4, -0.2) is 41.6 Å². The second-order valence-electron chi connectivity index (χ2n) is 8.70. The number of rotatable bonds is 5. The summed E-state index contributed by atoms with van der Waals surface area (Å²) < 4.78 is 13.6. The number of carbonyl (C=O) groups excluding carboxylic acids is 2. The lowest BCUT2D eigenvalue weighted by Gasteiger charge is -2.38. The van der Waals surface area contributed by atoms with Crippen LogP contribution in [0.4, 0.5) is 0 Å². The molecule has 172 valence electrons. The molecule has 0 radical (unpaired) electrons. The zero-order valence-corrected chi connectivity index (χ0v) is 18.9. The summed E-state index contributed by atoms with van der Waals surface area (Å²) in [7, 11) is 4.46. The Balaban J connectivity index is 1.88. The Morgan fingerprint density at radius 2 is 1.66 bits per heavy atom. The number of nitrogens with one attached hydrogen (secondary N) is 1. The average molecular weight is 442 g/mol. The normalized spacial score (nSPS) is 23.4. The number of benzene rings is 1. The Hall–Kier alpha value is -2.87. The van der Waals surface area contributed by atoms with Gasteiger partial charge in [0.1, 0.15) is 0 Å². The van der Waals surface area contributed by atoms with Crippen LogP contribution in [0.5, 0.6) is 0 Å². The van der Waals surface area contributed by atoms with Crippen molar-refractivity contribution in [3.63, 3.8) is 0 Å². The minimum atomic E-state index is -0.832. The van der Waals surface area contributed by atoms with Gasteiger partial charge in [0.05, 0.1) is 43.3 Å². The highest BCUT2D eigenvalue weighted by molar-refractivity contribution is 5.84. The Morgan fingerprint density at radius 1 is 1.00 bits per heavy atom. The number of aromatic nitrogens is 2. The van der Waals surface area contributed by atoms with Crippen molar-refractivity contribution in [1.29, 1.82) is 0 Å². The van der Waals surface area contributed by atoms with E-state index in [1.54, 1.807) is 9.36 Å². The Labute approximate surface area is 187 Å². The predicted molar refractivity (Wildman–Crippen MR) is 118 cm³/mol. The second kappa shape index (κ2) is 9.32. The van der Waals surface area contributed by atoms with E-state index in [0.29, 0.717) is 5.56 Å². The Morgan fingerprint density at radius 3 is 2.28 bits per heavy atom. The molecule has 8 nitrogen and oxygen atoms in total. The van der Waals surface area contributed by atoms with Crippen LogP contribution < -0.4 is 10.9 Å². The molecule has 3 atom stereocenters. The first kappa shape index (κ1) is 22.3. The van der Waals surface area contributed by atoms with Gasteiger partial charge in [0, 0.05) is 25.2 Å². The number of hydrogen-bond donors (Lipinski definition) is 1. The van der Waals surface area contributed by atoms with Gasteiger partial charge in [0.25, 0.3) is 5.56 Å². The molecule has 0 saturated heterocycles. The first-order valence-corrected chi connectivity index (χ1v) is 11.3. The van der Waals surface area contributed by atoms with Crippen molar-refractivity contribution in [2.75, 3.05) is 14.2 Å². The number of nitrogens with zero attached hydrogens (tertiary/aromatic N) is 2. The molecule has 0 spiro atoms. The second-order valence-corrected chi connectivity index (χ2v) is 8.70. The molecule has 1 heterocycles. The minimum absolute atomic E-state index is 0.176. The topological polar surface area (TPSA) is 91.6 Å². The number of fused-ring (bicyclic) bond motifs is 1. The van der Waals surface area contributed by atoms with Gasteiger partial charge in [0.15, 0.2) is 0 Å². The number of hydrogen-bond acceptors (Lipinski definition) is 6. The molecule has 2 aliphatic rings. The van der Waals surface area contributed by atoms with Gasteiger partial charge < -0.3 is 14.8 Å². The molecule has 1 aromatic heterocycles. The zero-order valence-electron chi connectivity index (χ0n) is 18.9. The number of para-hydroxylation sites is 1. The monoisotopic (exact) mass is 441 g/mol. The molecule has 0 amide bonds. The molecule has 2 aromatic rings. The lowest BCUT2D eigenvalue weighted by Crippen LogP contribution is -2.49. The van der Waals surface area contributed by atoms with Gasteiger partial charge in [-0.25, -0.2) is 4.68 Å². The van der Waals surface area contributed by atoms with Crippen LogP contribution in [0.1, 0.15) is 49.4 Å². The van der Waals surface area contributed by atoms with E-state index in [4.69, 9.17) is 9.47 Å². The minimum Gasteiger partial charge on any atom is -0.469 e. The summed E-state index contributed by atoms with van der Waals surface area (Å²) in [5.74, 6) is -2.55. The van der Waals surface area contributed by atoms with Gasteiger partial charge in [-0.3, -0.25) is 19.1 Å². The standard InChI is InChI=1S/C24H31N3O5/c1-26-18-14-17(23(29)31-2)19(24(30)32-3)21(25-15-10-6-4-7-11-15)20(18)22(28)27(26)16-12-8-5-9-13-16/h5,8-9,12-13,15,17,19,21,25H,4,6-7,10-11,14H2,1-3H3/t17-,19+,21-/m1/s1.